The Bertz CT molecular complexity index is 739. The molecule has 0 bridgehead atoms. The highest BCUT2D eigenvalue weighted by atomic mass is 16.6. The number of fused-ring (bicyclic) bond motifs is 1. The maximum atomic E-state index is 5.71. The summed E-state index contributed by atoms with van der Waals surface area (Å²) in [6.45, 7) is 9.69. The van der Waals surface area contributed by atoms with Crippen molar-refractivity contribution in [2.75, 3.05) is 26.3 Å². The van der Waals surface area contributed by atoms with Crippen LogP contribution in [0.15, 0.2) is 46.0 Å². The number of nitrogens with one attached hydrogen (secondary N) is 2. The first kappa shape index (κ1) is 18.2. The number of nitrogens with zero attached hydrogens (tertiary/aromatic N) is 1. The maximum Gasteiger partial charge on any atom is 0.191 e. The Labute approximate surface area is 154 Å². The molecule has 0 aliphatic carbocycles. The van der Waals surface area contributed by atoms with Gasteiger partial charge in [0.15, 0.2) is 17.5 Å². The van der Waals surface area contributed by atoms with Gasteiger partial charge in [-0.25, -0.2) is 4.99 Å². The summed E-state index contributed by atoms with van der Waals surface area (Å²) in [5, 5.41) is 6.70. The van der Waals surface area contributed by atoms with Crippen molar-refractivity contribution in [3.63, 3.8) is 0 Å². The summed E-state index contributed by atoms with van der Waals surface area (Å²) in [6.07, 6.45) is 1.66. The number of ether oxygens (including phenoxy) is 2. The molecule has 0 radical (unpaired) electrons. The molecule has 1 aromatic heterocycles. The number of benzene rings is 1. The fraction of sp³-hybridized carbons (Fsp3) is 0.450. The number of guanidine groups is 1. The van der Waals surface area contributed by atoms with Crippen LogP contribution in [0, 0.1) is 0 Å². The highest BCUT2D eigenvalue weighted by molar-refractivity contribution is 5.79. The molecule has 2 N–H and O–H groups in total. The van der Waals surface area contributed by atoms with Gasteiger partial charge in [-0.1, -0.05) is 19.9 Å². The van der Waals surface area contributed by atoms with E-state index in [2.05, 4.69) is 48.5 Å². The second-order valence-electron chi connectivity index (χ2n) is 6.87. The number of aliphatic imine (C=N–C) groups is 1. The monoisotopic (exact) mass is 357 g/mol. The number of hydrogen-bond donors (Lipinski definition) is 2. The first-order chi connectivity index (χ1) is 12.6. The molecular weight excluding hydrogens is 330 g/mol. The fourth-order valence-corrected chi connectivity index (χ4v) is 2.77. The Hall–Kier alpha value is -2.63. The van der Waals surface area contributed by atoms with Gasteiger partial charge in [-0.15, -0.1) is 0 Å². The van der Waals surface area contributed by atoms with Crippen molar-refractivity contribution in [3.8, 4) is 11.5 Å². The highest BCUT2D eigenvalue weighted by Crippen LogP contribution is 2.34. The van der Waals surface area contributed by atoms with Gasteiger partial charge in [-0.3, -0.25) is 0 Å². The summed E-state index contributed by atoms with van der Waals surface area (Å²) >= 11 is 0. The molecule has 0 spiro atoms. The lowest BCUT2D eigenvalue weighted by molar-refractivity contribution is 0.171. The second kappa shape index (κ2) is 8.17. The number of rotatable bonds is 6. The van der Waals surface area contributed by atoms with Crippen molar-refractivity contribution in [1.29, 1.82) is 0 Å². The van der Waals surface area contributed by atoms with Gasteiger partial charge in [-0.05, 0) is 36.8 Å². The third kappa shape index (κ3) is 4.50. The Morgan fingerprint density at radius 1 is 1.12 bits per heavy atom. The van der Waals surface area contributed by atoms with E-state index < -0.39 is 0 Å². The molecule has 2 heterocycles. The minimum absolute atomic E-state index is 0.100. The van der Waals surface area contributed by atoms with Crippen molar-refractivity contribution in [1.82, 2.24) is 10.6 Å². The summed E-state index contributed by atoms with van der Waals surface area (Å²) < 4.78 is 16.7. The molecule has 0 saturated carbocycles. The lowest BCUT2D eigenvalue weighted by Gasteiger charge is -2.28. The van der Waals surface area contributed by atoms with Crippen LogP contribution in [0.1, 0.15) is 32.1 Å². The Balaban J connectivity index is 1.66. The molecule has 1 aromatic carbocycles. The Morgan fingerprint density at radius 2 is 1.92 bits per heavy atom. The third-order valence-electron chi connectivity index (χ3n) is 4.34. The minimum atomic E-state index is -0.100. The van der Waals surface area contributed by atoms with E-state index in [1.165, 1.54) is 5.56 Å². The lowest BCUT2D eigenvalue weighted by atomic mass is 9.84. The van der Waals surface area contributed by atoms with Gasteiger partial charge in [0, 0.05) is 18.5 Å². The standard InChI is InChI=1S/C20H27N3O3/c1-4-21-19(22-13-16-6-5-9-24-16)23-14-20(2,3)15-7-8-17-18(12-15)26-11-10-25-17/h5-9,12H,4,10-11,13-14H2,1-3H3,(H2,21,22,23). The Kier molecular flexibility index (Phi) is 5.71. The molecule has 140 valence electrons. The van der Waals surface area contributed by atoms with Gasteiger partial charge in [-0.2, -0.15) is 0 Å². The fourth-order valence-electron chi connectivity index (χ4n) is 2.77. The molecule has 0 saturated heterocycles. The molecular formula is C20H27N3O3. The Morgan fingerprint density at radius 3 is 2.65 bits per heavy atom. The maximum absolute atomic E-state index is 5.71. The molecule has 6 heteroatoms. The number of furan rings is 1. The second-order valence-corrected chi connectivity index (χ2v) is 6.87. The van der Waals surface area contributed by atoms with Gasteiger partial charge in [0.1, 0.15) is 25.5 Å². The first-order valence-electron chi connectivity index (χ1n) is 9.03. The molecule has 2 aromatic rings. The summed E-state index contributed by atoms with van der Waals surface area (Å²) in [5.74, 6) is 3.25. The minimum Gasteiger partial charge on any atom is -0.486 e. The predicted molar refractivity (Wildman–Crippen MR) is 102 cm³/mol. The zero-order valence-electron chi connectivity index (χ0n) is 15.7. The zero-order valence-corrected chi connectivity index (χ0v) is 15.7. The van der Waals surface area contributed by atoms with Crippen LogP contribution in [0.3, 0.4) is 0 Å². The van der Waals surface area contributed by atoms with E-state index in [4.69, 9.17) is 13.9 Å². The van der Waals surface area contributed by atoms with Gasteiger partial charge >= 0.3 is 0 Å². The molecule has 26 heavy (non-hydrogen) atoms. The zero-order chi connectivity index (χ0) is 18.4. The third-order valence-corrected chi connectivity index (χ3v) is 4.34. The average Bonchev–Trinajstić information content (AvgIpc) is 3.17. The van der Waals surface area contributed by atoms with Gasteiger partial charge < -0.3 is 24.5 Å². The van der Waals surface area contributed by atoms with Gasteiger partial charge in [0.25, 0.3) is 0 Å². The summed E-state index contributed by atoms with van der Waals surface area (Å²) in [4.78, 5) is 4.58. The molecule has 3 rings (SSSR count). The van der Waals surface area contributed by atoms with Crippen molar-refractivity contribution >= 4 is 5.96 Å². The topological polar surface area (TPSA) is 68.0 Å². The van der Waals surface area contributed by atoms with E-state index in [1.54, 1.807) is 6.26 Å². The van der Waals surface area contributed by atoms with Crippen LogP contribution in [-0.2, 0) is 12.0 Å². The van der Waals surface area contributed by atoms with Crippen LogP contribution >= 0.6 is 0 Å². The van der Waals surface area contributed by atoms with Crippen LogP contribution in [0.25, 0.3) is 0 Å². The average molecular weight is 357 g/mol. The first-order valence-corrected chi connectivity index (χ1v) is 9.03. The molecule has 1 aliphatic rings. The van der Waals surface area contributed by atoms with E-state index in [9.17, 15) is 0 Å². The van der Waals surface area contributed by atoms with Crippen LogP contribution in [0.2, 0.25) is 0 Å². The number of hydrogen-bond acceptors (Lipinski definition) is 4. The van der Waals surface area contributed by atoms with E-state index in [1.807, 2.05) is 18.2 Å². The summed E-state index contributed by atoms with van der Waals surface area (Å²) in [5.41, 5.74) is 1.09. The van der Waals surface area contributed by atoms with E-state index >= 15 is 0 Å². The van der Waals surface area contributed by atoms with Crippen molar-refractivity contribution in [2.24, 2.45) is 4.99 Å². The van der Waals surface area contributed by atoms with Crippen LogP contribution < -0.4 is 20.1 Å². The highest BCUT2D eigenvalue weighted by Gasteiger charge is 2.23. The van der Waals surface area contributed by atoms with Crippen LogP contribution in [-0.4, -0.2) is 32.3 Å². The van der Waals surface area contributed by atoms with Crippen molar-refractivity contribution < 1.29 is 13.9 Å². The molecule has 1 aliphatic heterocycles. The van der Waals surface area contributed by atoms with Gasteiger partial charge in [0.05, 0.1) is 6.26 Å². The summed E-state index contributed by atoms with van der Waals surface area (Å²) in [7, 11) is 0. The smallest absolute Gasteiger partial charge is 0.191 e. The van der Waals surface area contributed by atoms with Crippen LogP contribution in [0.4, 0.5) is 0 Å². The molecule has 0 unspecified atom stereocenters. The van der Waals surface area contributed by atoms with Gasteiger partial charge in [0.2, 0.25) is 0 Å². The van der Waals surface area contributed by atoms with E-state index in [0.29, 0.717) is 19.8 Å². The van der Waals surface area contributed by atoms with Crippen molar-refractivity contribution in [3.05, 3.63) is 47.9 Å². The molecule has 0 amide bonds. The van der Waals surface area contributed by atoms with E-state index in [-0.39, 0.29) is 5.41 Å². The lowest BCUT2D eigenvalue weighted by Crippen LogP contribution is -2.43. The van der Waals surface area contributed by atoms with E-state index in [0.717, 1.165) is 36.3 Å². The molecule has 0 atom stereocenters. The molecule has 6 nitrogen and oxygen atoms in total. The SMILES string of the molecule is CCNC(=NCc1ccco1)NCC(C)(C)c1ccc2c(c1)OCCO2. The largest absolute Gasteiger partial charge is 0.486 e. The predicted octanol–water partition coefficient (Wildman–Crippen LogP) is 3.08. The quantitative estimate of drug-likeness (QED) is 0.614. The normalized spacial score (nSPS) is 14.2. The summed E-state index contributed by atoms with van der Waals surface area (Å²) in [6, 6.07) is 9.95. The van der Waals surface area contributed by atoms with Crippen LogP contribution in [0.5, 0.6) is 11.5 Å². The molecule has 0 fully saturated rings. The van der Waals surface area contributed by atoms with Crippen molar-refractivity contribution in [2.45, 2.75) is 32.7 Å².